The van der Waals surface area contributed by atoms with Gasteiger partial charge in [-0.3, -0.25) is 4.98 Å². The second-order valence-corrected chi connectivity index (χ2v) is 5.46. The minimum Gasteiger partial charge on any atom is -0.256 e. The largest absolute Gasteiger partial charge is 0.256 e. The van der Waals surface area contributed by atoms with E-state index >= 15 is 0 Å². The fourth-order valence-corrected chi connectivity index (χ4v) is 3.27. The molecule has 0 radical (unpaired) electrons. The van der Waals surface area contributed by atoms with Gasteiger partial charge in [0.15, 0.2) is 0 Å². The van der Waals surface area contributed by atoms with Gasteiger partial charge in [0, 0.05) is 17.2 Å². The second kappa shape index (κ2) is 3.11. The highest BCUT2D eigenvalue weighted by Gasteiger charge is 2.56. The summed E-state index contributed by atoms with van der Waals surface area (Å²) in [6.07, 6.45) is 6.55. The van der Waals surface area contributed by atoms with E-state index in [1.807, 2.05) is 12.3 Å². The molecule has 2 aliphatic rings. The first-order valence-corrected chi connectivity index (χ1v) is 6.50. The number of benzene rings is 1. The van der Waals surface area contributed by atoms with Gasteiger partial charge in [-0.2, -0.15) is 0 Å². The van der Waals surface area contributed by atoms with E-state index in [-0.39, 0.29) is 5.41 Å². The number of rotatable bonds is 1. The molecule has 1 heterocycles. The molecule has 2 aliphatic carbocycles. The maximum absolute atomic E-state index is 4.53. The van der Waals surface area contributed by atoms with Crippen LogP contribution < -0.4 is 0 Å². The minimum atomic E-state index is 0.254. The number of aryl methyl sites for hydroxylation is 1. The van der Waals surface area contributed by atoms with Gasteiger partial charge < -0.3 is 0 Å². The van der Waals surface area contributed by atoms with Crippen LogP contribution in [0.3, 0.4) is 0 Å². The van der Waals surface area contributed by atoms with Crippen LogP contribution in [-0.4, -0.2) is 4.98 Å². The Hall–Kier alpha value is -1.89. The van der Waals surface area contributed by atoms with Crippen molar-refractivity contribution in [3.8, 4) is 11.3 Å². The summed E-state index contributed by atoms with van der Waals surface area (Å²) in [6.45, 7) is 4.42. The summed E-state index contributed by atoms with van der Waals surface area (Å²) >= 11 is 0. The van der Waals surface area contributed by atoms with Gasteiger partial charge in [0.2, 0.25) is 0 Å². The van der Waals surface area contributed by atoms with Crippen molar-refractivity contribution in [1.29, 1.82) is 0 Å². The van der Waals surface area contributed by atoms with Gasteiger partial charge in [0.05, 0.1) is 5.69 Å². The fraction of sp³-hybridized carbons (Fsp3) is 0.235. The number of fused-ring (bicyclic) bond motifs is 3. The number of nitrogens with zero attached hydrogens (tertiary/aromatic N) is 1. The third-order valence-electron chi connectivity index (χ3n) is 4.42. The quantitative estimate of drug-likeness (QED) is 0.681. The van der Waals surface area contributed by atoms with Gasteiger partial charge in [0.25, 0.3) is 0 Å². The summed E-state index contributed by atoms with van der Waals surface area (Å²) in [4.78, 5) is 4.53. The summed E-state index contributed by atoms with van der Waals surface area (Å²) < 4.78 is 0. The highest BCUT2D eigenvalue weighted by Crippen LogP contribution is 2.63. The maximum Gasteiger partial charge on any atom is 0.0707 e. The van der Waals surface area contributed by atoms with Crippen LogP contribution in [0.5, 0.6) is 0 Å². The van der Waals surface area contributed by atoms with Crippen LogP contribution in [0.2, 0.25) is 0 Å². The minimum absolute atomic E-state index is 0.254. The van der Waals surface area contributed by atoms with Crippen LogP contribution >= 0.6 is 0 Å². The molecular weight excluding hydrogens is 218 g/mol. The molecule has 0 fully saturated rings. The molecule has 2 unspecified atom stereocenters. The molecule has 1 spiro atoms. The molecule has 2 atom stereocenters. The molecule has 0 N–H and O–H groups in total. The van der Waals surface area contributed by atoms with Gasteiger partial charge in [0.1, 0.15) is 0 Å². The summed E-state index contributed by atoms with van der Waals surface area (Å²) in [6, 6.07) is 10.8. The Balaban J connectivity index is 1.90. The molecule has 1 heteroatoms. The summed E-state index contributed by atoms with van der Waals surface area (Å²) in [5.41, 5.74) is 6.94. The number of allylic oxidation sites excluding steroid dienone is 2. The molecular formula is C17H15N. The van der Waals surface area contributed by atoms with E-state index in [1.54, 1.807) is 0 Å². The molecule has 1 aromatic carbocycles. The zero-order valence-corrected chi connectivity index (χ0v) is 10.6. The lowest BCUT2D eigenvalue weighted by Crippen LogP contribution is -2.22. The summed E-state index contributed by atoms with van der Waals surface area (Å²) in [5, 5.41) is 0. The molecule has 0 amide bonds. The average molecular weight is 233 g/mol. The second-order valence-electron chi connectivity index (χ2n) is 5.46. The van der Waals surface area contributed by atoms with E-state index in [2.05, 4.69) is 55.2 Å². The zero-order chi connectivity index (χ0) is 12.3. The predicted octanol–water partition coefficient (Wildman–Crippen LogP) is 3.86. The maximum atomic E-state index is 4.53. The van der Waals surface area contributed by atoms with Crippen molar-refractivity contribution in [3.63, 3.8) is 0 Å². The highest BCUT2D eigenvalue weighted by atomic mass is 14.7. The van der Waals surface area contributed by atoms with Gasteiger partial charge >= 0.3 is 0 Å². The van der Waals surface area contributed by atoms with E-state index < -0.39 is 0 Å². The Kier molecular flexibility index (Phi) is 1.74. The Labute approximate surface area is 107 Å². The molecule has 1 aromatic heterocycles. The van der Waals surface area contributed by atoms with Crippen LogP contribution in [-0.2, 0) is 5.41 Å². The normalized spacial score (nSPS) is 26.9. The number of aromatic nitrogens is 1. The van der Waals surface area contributed by atoms with Crippen molar-refractivity contribution in [3.05, 3.63) is 65.4 Å². The first-order chi connectivity index (χ1) is 8.73. The lowest BCUT2D eigenvalue weighted by molar-refractivity contribution is 0.531. The van der Waals surface area contributed by atoms with Crippen LogP contribution in [0.1, 0.15) is 23.6 Å². The van der Waals surface area contributed by atoms with Crippen molar-refractivity contribution in [2.75, 3.05) is 0 Å². The monoisotopic (exact) mass is 233 g/mol. The molecule has 4 rings (SSSR count). The van der Waals surface area contributed by atoms with E-state index in [0.29, 0.717) is 5.92 Å². The molecule has 88 valence electrons. The van der Waals surface area contributed by atoms with E-state index in [1.165, 1.54) is 22.3 Å². The van der Waals surface area contributed by atoms with E-state index in [4.69, 9.17) is 0 Å². The molecule has 2 aromatic rings. The number of hydrogen-bond donors (Lipinski definition) is 0. The van der Waals surface area contributed by atoms with Gasteiger partial charge in [-0.25, -0.2) is 0 Å². The van der Waals surface area contributed by atoms with Crippen molar-refractivity contribution < 1.29 is 0 Å². The number of pyridine rings is 1. The van der Waals surface area contributed by atoms with Crippen LogP contribution in [0, 0.1) is 12.8 Å². The van der Waals surface area contributed by atoms with Crippen LogP contribution in [0.4, 0.5) is 0 Å². The van der Waals surface area contributed by atoms with Crippen LogP contribution in [0.25, 0.3) is 11.3 Å². The smallest absolute Gasteiger partial charge is 0.0707 e. The van der Waals surface area contributed by atoms with Crippen molar-refractivity contribution in [2.24, 2.45) is 5.92 Å². The van der Waals surface area contributed by atoms with Crippen LogP contribution in [0.15, 0.2) is 48.7 Å². The Morgan fingerprint density at radius 3 is 2.78 bits per heavy atom. The first-order valence-electron chi connectivity index (χ1n) is 6.50. The summed E-state index contributed by atoms with van der Waals surface area (Å²) in [7, 11) is 0. The van der Waals surface area contributed by atoms with Gasteiger partial charge in [-0.15, -0.1) is 0 Å². The topological polar surface area (TPSA) is 12.9 Å². The SMILES string of the molecule is Cc1ccnc(-c2cccc3c2C32C=CC2C)c1. The third kappa shape index (κ3) is 1.05. The highest BCUT2D eigenvalue weighted by molar-refractivity contribution is 5.82. The molecule has 18 heavy (non-hydrogen) atoms. The Morgan fingerprint density at radius 1 is 1.22 bits per heavy atom. The molecule has 0 bridgehead atoms. The summed E-state index contributed by atoms with van der Waals surface area (Å²) in [5.74, 6) is 0.637. The van der Waals surface area contributed by atoms with E-state index in [9.17, 15) is 0 Å². The standard InChI is InChI=1S/C17H15N/c1-11-7-9-18-15(10-11)13-4-3-5-14-16(13)17(14)8-6-12(17)2/h3-10,12H,1-2H3. The van der Waals surface area contributed by atoms with Crippen molar-refractivity contribution >= 4 is 0 Å². The lowest BCUT2D eigenvalue weighted by Gasteiger charge is -2.27. The first kappa shape index (κ1) is 10.1. The molecule has 1 nitrogen and oxygen atoms in total. The van der Waals surface area contributed by atoms with Gasteiger partial charge in [-0.05, 0) is 41.7 Å². The Morgan fingerprint density at radius 2 is 2.11 bits per heavy atom. The third-order valence-corrected chi connectivity index (χ3v) is 4.42. The molecule has 0 saturated heterocycles. The fourth-order valence-electron chi connectivity index (χ4n) is 3.27. The van der Waals surface area contributed by atoms with E-state index in [0.717, 1.165) is 5.69 Å². The molecule has 0 aliphatic heterocycles. The van der Waals surface area contributed by atoms with Crippen molar-refractivity contribution in [2.45, 2.75) is 19.3 Å². The van der Waals surface area contributed by atoms with Crippen molar-refractivity contribution in [1.82, 2.24) is 4.98 Å². The van der Waals surface area contributed by atoms with Gasteiger partial charge in [-0.1, -0.05) is 37.3 Å². The number of hydrogen-bond acceptors (Lipinski definition) is 1. The average Bonchev–Trinajstić information content (AvgIpc) is 3.08. The predicted molar refractivity (Wildman–Crippen MR) is 73.5 cm³/mol. The molecule has 0 saturated carbocycles. The zero-order valence-electron chi connectivity index (χ0n) is 10.6. The Bertz CT molecular complexity index is 684. The lowest BCUT2D eigenvalue weighted by atomic mass is 9.76.